The van der Waals surface area contributed by atoms with Crippen molar-refractivity contribution < 1.29 is 14.4 Å². The average molecular weight is 448 g/mol. The maximum Gasteiger partial charge on any atom is 0.293 e. The van der Waals surface area contributed by atoms with E-state index in [4.69, 9.17) is 0 Å². The van der Waals surface area contributed by atoms with Gasteiger partial charge in [0.1, 0.15) is 6.54 Å². The van der Waals surface area contributed by atoms with Gasteiger partial charge in [-0.2, -0.15) is 0 Å². The lowest BCUT2D eigenvalue weighted by atomic mass is 10.1. The van der Waals surface area contributed by atoms with Crippen LogP contribution in [0.1, 0.15) is 31.4 Å². The summed E-state index contributed by atoms with van der Waals surface area (Å²) in [5, 5.41) is 3.61. The normalized spacial score (nSPS) is 16.2. The second-order valence-electron chi connectivity index (χ2n) is 7.96. The number of nitrogens with one attached hydrogen (secondary N) is 1. The number of para-hydroxylation sites is 1. The number of benzene rings is 2. The predicted molar refractivity (Wildman–Crippen MR) is 129 cm³/mol. The Labute approximate surface area is 191 Å². The number of hydrogen-bond acceptors (Lipinski definition) is 4. The molecule has 0 bridgehead atoms. The summed E-state index contributed by atoms with van der Waals surface area (Å²) in [5.74, 6) is -0.400. The van der Waals surface area contributed by atoms with Crippen molar-refractivity contribution in [1.29, 1.82) is 0 Å². The summed E-state index contributed by atoms with van der Waals surface area (Å²) in [6.45, 7) is 5.94. The molecule has 1 aliphatic heterocycles. The van der Waals surface area contributed by atoms with E-state index in [1.54, 1.807) is 6.08 Å². The minimum Gasteiger partial charge on any atom is -0.337 e. The van der Waals surface area contributed by atoms with E-state index >= 15 is 0 Å². The van der Waals surface area contributed by atoms with Crippen LogP contribution in [0.4, 0.5) is 10.5 Å². The summed E-state index contributed by atoms with van der Waals surface area (Å²) in [6.07, 6.45) is 4.32. The number of aryl methyl sites for hydroxylation is 1. The molecule has 7 heteroatoms. The van der Waals surface area contributed by atoms with E-state index in [1.165, 1.54) is 4.90 Å². The number of hydrogen-bond donors (Lipinski definition) is 1. The van der Waals surface area contributed by atoms with Crippen LogP contribution >= 0.6 is 11.8 Å². The van der Waals surface area contributed by atoms with Crippen LogP contribution in [-0.2, 0) is 16.1 Å². The van der Waals surface area contributed by atoms with Gasteiger partial charge in [0.15, 0.2) is 0 Å². The van der Waals surface area contributed by atoms with E-state index in [0.29, 0.717) is 11.3 Å². The number of aromatic nitrogens is 1. The number of imide groups is 1. The maximum atomic E-state index is 12.8. The minimum atomic E-state index is -0.261. The number of fused-ring (bicyclic) bond motifs is 1. The zero-order valence-electron chi connectivity index (χ0n) is 18.3. The Balaban J connectivity index is 1.62. The molecular weight excluding hydrogens is 422 g/mol. The van der Waals surface area contributed by atoms with Crippen molar-refractivity contribution in [3.63, 3.8) is 0 Å². The molecule has 1 N–H and O–H groups in total. The smallest absolute Gasteiger partial charge is 0.293 e. The van der Waals surface area contributed by atoms with Gasteiger partial charge < -0.3 is 9.88 Å². The van der Waals surface area contributed by atoms with Crippen LogP contribution in [0, 0.1) is 6.92 Å². The van der Waals surface area contributed by atoms with Crippen molar-refractivity contribution in [2.75, 3.05) is 5.32 Å². The van der Waals surface area contributed by atoms with E-state index in [-0.39, 0.29) is 29.6 Å². The van der Waals surface area contributed by atoms with Crippen LogP contribution in [0.15, 0.2) is 59.6 Å². The summed E-state index contributed by atoms with van der Waals surface area (Å²) >= 11 is 0.965. The van der Waals surface area contributed by atoms with Crippen molar-refractivity contribution in [1.82, 2.24) is 9.47 Å². The molecule has 164 valence electrons. The Bertz CT molecular complexity index is 1240. The van der Waals surface area contributed by atoms with Crippen LogP contribution < -0.4 is 5.32 Å². The first-order chi connectivity index (χ1) is 15.4. The van der Waals surface area contributed by atoms with E-state index in [2.05, 4.69) is 5.32 Å². The first-order valence-electron chi connectivity index (χ1n) is 10.6. The Morgan fingerprint density at radius 2 is 1.94 bits per heavy atom. The Kier molecular flexibility index (Phi) is 6.19. The molecule has 3 amide bonds. The van der Waals surface area contributed by atoms with E-state index < -0.39 is 0 Å². The Morgan fingerprint density at radius 3 is 2.69 bits per heavy atom. The molecule has 0 aliphatic carbocycles. The van der Waals surface area contributed by atoms with Gasteiger partial charge in [0.05, 0.1) is 4.91 Å². The van der Waals surface area contributed by atoms with Crippen LogP contribution in [0.25, 0.3) is 17.0 Å². The van der Waals surface area contributed by atoms with Crippen molar-refractivity contribution in [3.8, 4) is 0 Å². The third-order valence-electron chi connectivity index (χ3n) is 5.58. The van der Waals surface area contributed by atoms with Gasteiger partial charge in [-0.3, -0.25) is 19.3 Å². The molecule has 1 unspecified atom stereocenters. The van der Waals surface area contributed by atoms with Gasteiger partial charge in [0.25, 0.3) is 11.1 Å². The SMILES string of the molecule is CCC(C)N1C(=O)SC(=Cc2cn(CC(=O)Nc3cccc(C)c3)c3ccccc23)C1=O. The molecule has 3 aromatic rings. The largest absolute Gasteiger partial charge is 0.337 e. The number of carbonyl (C=O) groups excluding carboxylic acids is 3. The molecule has 2 heterocycles. The van der Waals surface area contributed by atoms with Gasteiger partial charge in [-0.25, -0.2) is 0 Å². The van der Waals surface area contributed by atoms with Gasteiger partial charge in [0, 0.05) is 34.4 Å². The van der Waals surface area contributed by atoms with Crippen LogP contribution in [0.2, 0.25) is 0 Å². The quantitative estimate of drug-likeness (QED) is 0.512. The molecule has 32 heavy (non-hydrogen) atoms. The topological polar surface area (TPSA) is 71.4 Å². The van der Waals surface area contributed by atoms with Gasteiger partial charge >= 0.3 is 0 Å². The molecule has 0 radical (unpaired) electrons. The first kappa shape index (κ1) is 21.9. The lowest BCUT2D eigenvalue weighted by Crippen LogP contribution is -2.36. The molecule has 1 saturated heterocycles. The summed E-state index contributed by atoms with van der Waals surface area (Å²) in [4.78, 5) is 39.6. The highest BCUT2D eigenvalue weighted by molar-refractivity contribution is 8.18. The fourth-order valence-corrected chi connectivity index (χ4v) is 4.70. The Hall–Kier alpha value is -3.32. The molecule has 4 rings (SSSR count). The van der Waals surface area contributed by atoms with Crippen LogP contribution in [0.3, 0.4) is 0 Å². The highest BCUT2D eigenvalue weighted by atomic mass is 32.2. The van der Waals surface area contributed by atoms with Gasteiger partial charge in [0.2, 0.25) is 5.91 Å². The number of anilines is 1. The van der Waals surface area contributed by atoms with E-state index in [0.717, 1.165) is 39.5 Å². The molecule has 0 saturated carbocycles. The van der Waals surface area contributed by atoms with Crippen LogP contribution in [-0.4, -0.2) is 32.6 Å². The minimum absolute atomic E-state index is 0.136. The number of thioether (sulfide) groups is 1. The van der Waals surface area contributed by atoms with Gasteiger partial charge in [-0.15, -0.1) is 0 Å². The van der Waals surface area contributed by atoms with Crippen LogP contribution in [0.5, 0.6) is 0 Å². The summed E-state index contributed by atoms with van der Waals surface area (Å²) < 4.78 is 1.87. The number of nitrogens with zero attached hydrogens (tertiary/aromatic N) is 2. The second-order valence-corrected chi connectivity index (χ2v) is 8.95. The molecule has 1 aliphatic rings. The highest BCUT2D eigenvalue weighted by Crippen LogP contribution is 2.35. The molecule has 1 atom stereocenters. The predicted octanol–water partition coefficient (Wildman–Crippen LogP) is 5.42. The van der Waals surface area contributed by atoms with Gasteiger partial charge in [-0.1, -0.05) is 37.3 Å². The molecule has 1 fully saturated rings. The summed E-state index contributed by atoms with van der Waals surface area (Å²) in [7, 11) is 0. The lowest BCUT2D eigenvalue weighted by molar-refractivity contribution is -0.124. The number of amides is 3. The fraction of sp³-hybridized carbons (Fsp3) is 0.240. The second kappa shape index (κ2) is 9.04. The van der Waals surface area contributed by atoms with E-state index in [9.17, 15) is 14.4 Å². The van der Waals surface area contributed by atoms with Crippen molar-refractivity contribution >= 4 is 51.5 Å². The van der Waals surface area contributed by atoms with E-state index in [1.807, 2.05) is 80.1 Å². The van der Waals surface area contributed by atoms with Crippen molar-refractivity contribution in [3.05, 3.63) is 70.8 Å². The molecular formula is C25H25N3O3S. The molecule has 1 aromatic heterocycles. The zero-order chi connectivity index (χ0) is 22.8. The summed E-state index contributed by atoms with van der Waals surface area (Å²) in [5.41, 5.74) is 3.52. The first-order valence-corrected chi connectivity index (χ1v) is 11.4. The molecule has 2 aromatic carbocycles. The maximum absolute atomic E-state index is 12.8. The molecule has 6 nitrogen and oxygen atoms in total. The summed E-state index contributed by atoms with van der Waals surface area (Å²) in [6, 6.07) is 15.2. The third kappa shape index (κ3) is 4.34. The lowest BCUT2D eigenvalue weighted by Gasteiger charge is -2.19. The monoisotopic (exact) mass is 447 g/mol. The standard InChI is InChI=1S/C25H25N3O3S/c1-4-17(3)28-24(30)22(32-25(28)31)13-18-14-27(21-11-6-5-10-20(18)21)15-23(29)26-19-9-7-8-16(2)12-19/h5-14,17H,4,15H2,1-3H3,(H,26,29). The highest BCUT2D eigenvalue weighted by Gasteiger charge is 2.37. The van der Waals surface area contributed by atoms with Crippen molar-refractivity contribution in [2.24, 2.45) is 0 Å². The third-order valence-corrected chi connectivity index (χ3v) is 6.46. The number of carbonyl (C=O) groups is 3. The van der Waals surface area contributed by atoms with Gasteiger partial charge in [-0.05, 0) is 61.9 Å². The zero-order valence-corrected chi connectivity index (χ0v) is 19.1. The average Bonchev–Trinajstić information content (AvgIpc) is 3.24. The number of rotatable bonds is 6. The van der Waals surface area contributed by atoms with Crippen molar-refractivity contribution in [2.45, 2.75) is 39.8 Å². The molecule has 0 spiro atoms. The fourth-order valence-electron chi connectivity index (χ4n) is 3.78. The Morgan fingerprint density at radius 1 is 1.16 bits per heavy atom.